The molecular weight excluding hydrogens is 305 g/mol. The number of aromatic nitrogens is 2. The molecule has 0 aliphatic carbocycles. The van der Waals surface area contributed by atoms with Crippen molar-refractivity contribution in [2.24, 2.45) is 0 Å². The number of halogens is 2. The molecule has 0 atom stereocenters. The van der Waals surface area contributed by atoms with Crippen LogP contribution < -0.4 is 5.32 Å². The third-order valence-corrected chi connectivity index (χ3v) is 3.11. The predicted octanol–water partition coefficient (Wildman–Crippen LogP) is 2.82. The molecule has 90 valence electrons. The first-order chi connectivity index (χ1) is 8.25. The fraction of sp³-hybridized carbons (Fsp3) is 0.273. The van der Waals surface area contributed by atoms with Crippen LogP contribution in [0.2, 0.25) is 5.02 Å². The molecule has 0 spiro atoms. The Morgan fingerprint density at radius 1 is 1.41 bits per heavy atom. The standard InChI is InChI=1S/C11H11BrClN3O/c12-9-1-2-10(13)8(5-9)6-14-4-3-11-15-7-16-17-11/h1-2,5,7,14H,3-4,6H2. The number of hydrogen-bond donors (Lipinski definition) is 1. The number of benzene rings is 1. The van der Waals surface area contributed by atoms with Crippen LogP contribution in [-0.2, 0) is 13.0 Å². The minimum atomic E-state index is 0.637. The highest BCUT2D eigenvalue weighted by molar-refractivity contribution is 9.10. The van der Waals surface area contributed by atoms with Gasteiger partial charge in [-0.1, -0.05) is 32.7 Å². The van der Waals surface area contributed by atoms with E-state index in [1.54, 1.807) is 0 Å². The van der Waals surface area contributed by atoms with Crippen LogP contribution in [0.15, 0.2) is 33.5 Å². The molecule has 2 aromatic rings. The van der Waals surface area contributed by atoms with E-state index in [2.05, 4.69) is 31.4 Å². The average molecular weight is 317 g/mol. The summed E-state index contributed by atoms with van der Waals surface area (Å²) in [6, 6.07) is 5.80. The van der Waals surface area contributed by atoms with Gasteiger partial charge in [0, 0.05) is 29.0 Å². The average Bonchev–Trinajstić information content (AvgIpc) is 2.82. The Bertz CT molecular complexity index is 476. The van der Waals surface area contributed by atoms with Gasteiger partial charge in [-0.15, -0.1) is 0 Å². The van der Waals surface area contributed by atoms with E-state index in [9.17, 15) is 0 Å². The van der Waals surface area contributed by atoms with Crippen molar-refractivity contribution in [3.05, 3.63) is 45.5 Å². The molecule has 0 saturated heterocycles. The number of hydrogen-bond acceptors (Lipinski definition) is 4. The van der Waals surface area contributed by atoms with Crippen molar-refractivity contribution < 1.29 is 4.52 Å². The van der Waals surface area contributed by atoms with Crippen molar-refractivity contribution >= 4 is 27.5 Å². The lowest BCUT2D eigenvalue weighted by atomic mass is 10.2. The van der Waals surface area contributed by atoms with Gasteiger partial charge < -0.3 is 9.84 Å². The van der Waals surface area contributed by atoms with Crippen LogP contribution in [0.4, 0.5) is 0 Å². The van der Waals surface area contributed by atoms with Crippen molar-refractivity contribution in [3.8, 4) is 0 Å². The molecule has 0 amide bonds. The van der Waals surface area contributed by atoms with Crippen molar-refractivity contribution in [1.29, 1.82) is 0 Å². The van der Waals surface area contributed by atoms with E-state index in [1.165, 1.54) is 6.33 Å². The number of nitrogens with zero attached hydrogens (tertiary/aromatic N) is 2. The second-order valence-electron chi connectivity index (χ2n) is 3.50. The summed E-state index contributed by atoms with van der Waals surface area (Å²) < 4.78 is 5.92. The van der Waals surface area contributed by atoms with E-state index in [-0.39, 0.29) is 0 Å². The van der Waals surface area contributed by atoms with Crippen molar-refractivity contribution in [2.75, 3.05) is 6.54 Å². The first-order valence-electron chi connectivity index (χ1n) is 5.16. The van der Waals surface area contributed by atoms with Crippen LogP contribution in [0.5, 0.6) is 0 Å². The number of nitrogens with one attached hydrogen (secondary N) is 1. The lowest BCUT2D eigenvalue weighted by Crippen LogP contribution is -2.17. The highest BCUT2D eigenvalue weighted by Crippen LogP contribution is 2.20. The zero-order valence-corrected chi connectivity index (χ0v) is 11.3. The quantitative estimate of drug-likeness (QED) is 0.862. The lowest BCUT2D eigenvalue weighted by Gasteiger charge is -2.06. The van der Waals surface area contributed by atoms with Crippen molar-refractivity contribution in [1.82, 2.24) is 15.5 Å². The second kappa shape index (κ2) is 6.14. The van der Waals surface area contributed by atoms with E-state index in [0.717, 1.165) is 21.6 Å². The highest BCUT2D eigenvalue weighted by Gasteiger charge is 2.02. The largest absolute Gasteiger partial charge is 0.340 e. The van der Waals surface area contributed by atoms with E-state index in [0.29, 0.717) is 18.9 Å². The summed E-state index contributed by atoms with van der Waals surface area (Å²) in [5.74, 6) is 0.637. The Morgan fingerprint density at radius 2 is 2.29 bits per heavy atom. The maximum Gasteiger partial charge on any atom is 0.227 e. The molecule has 17 heavy (non-hydrogen) atoms. The molecule has 0 aliphatic heterocycles. The third kappa shape index (κ3) is 3.80. The Kier molecular flexibility index (Phi) is 4.53. The van der Waals surface area contributed by atoms with Gasteiger partial charge in [-0.05, 0) is 23.8 Å². The number of rotatable bonds is 5. The first kappa shape index (κ1) is 12.5. The molecule has 2 rings (SSSR count). The summed E-state index contributed by atoms with van der Waals surface area (Å²) in [4.78, 5) is 3.94. The zero-order valence-electron chi connectivity index (χ0n) is 8.99. The van der Waals surface area contributed by atoms with E-state index in [4.69, 9.17) is 16.1 Å². The molecular formula is C11H11BrClN3O. The van der Waals surface area contributed by atoms with Gasteiger partial charge in [0.2, 0.25) is 5.89 Å². The van der Waals surface area contributed by atoms with Crippen LogP contribution in [-0.4, -0.2) is 16.7 Å². The third-order valence-electron chi connectivity index (χ3n) is 2.25. The molecule has 6 heteroatoms. The molecule has 0 fully saturated rings. The summed E-state index contributed by atoms with van der Waals surface area (Å²) in [5, 5.41) is 7.58. The Morgan fingerprint density at radius 3 is 3.06 bits per heavy atom. The fourth-order valence-corrected chi connectivity index (χ4v) is 2.00. The van der Waals surface area contributed by atoms with Crippen LogP contribution in [0.3, 0.4) is 0 Å². The van der Waals surface area contributed by atoms with Crippen LogP contribution in [0.25, 0.3) is 0 Å². The minimum absolute atomic E-state index is 0.637. The summed E-state index contributed by atoms with van der Waals surface area (Å²) >= 11 is 9.49. The van der Waals surface area contributed by atoms with Gasteiger partial charge in [0.1, 0.15) is 0 Å². The molecule has 0 saturated carbocycles. The molecule has 4 nitrogen and oxygen atoms in total. The van der Waals surface area contributed by atoms with Crippen LogP contribution in [0.1, 0.15) is 11.5 Å². The van der Waals surface area contributed by atoms with Gasteiger partial charge in [-0.2, -0.15) is 4.98 Å². The first-order valence-corrected chi connectivity index (χ1v) is 6.33. The van der Waals surface area contributed by atoms with Gasteiger partial charge in [0.15, 0.2) is 6.33 Å². The van der Waals surface area contributed by atoms with Gasteiger partial charge in [-0.25, -0.2) is 0 Å². The Labute approximate surface area is 112 Å². The normalized spacial score (nSPS) is 10.7. The fourth-order valence-electron chi connectivity index (χ4n) is 1.40. The van der Waals surface area contributed by atoms with Crippen LogP contribution >= 0.6 is 27.5 Å². The Balaban J connectivity index is 1.80. The zero-order chi connectivity index (χ0) is 12.1. The summed E-state index contributed by atoms with van der Waals surface area (Å²) in [6.45, 7) is 1.48. The maximum atomic E-state index is 6.07. The van der Waals surface area contributed by atoms with E-state index < -0.39 is 0 Å². The van der Waals surface area contributed by atoms with Gasteiger partial charge in [-0.3, -0.25) is 0 Å². The Hall–Kier alpha value is -0.910. The lowest BCUT2D eigenvalue weighted by molar-refractivity contribution is 0.375. The molecule has 0 unspecified atom stereocenters. The predicted molar refractivity (Wildman–Crippen MR) is 68.9 cm³/mol. The molecule has 1 N–H and O–H groups in total. The smallest absolute Gasteiger partial charge is 0.227 e. The second-order valence-corrected chi connectivity index (χ2v) is 4.82. The minimum Gasteiger partial charge on any atom is -0.340 e. The molecule has 0 bridgehead atoms. The molecule has 1 aromatic carbocycles. The van der Waals surface area contributed by atoms with Gasteiger partial charge >= 0.3 is 0 Å². The van der Waals surface area contributed by atoms with Gasteiger partial charge in [0.25, 0.3) is 0 Å². The topological polar surface area (TPSA) is 51.0 Å². The molecule has 0 aliphatic rings. The van der Waals surface area contributed by atoms with E-state index in [1.807, 2.05) is 18.2 Å². The molecule has 1 heterocycles. The monoisotopic (exact) mass is 315 g/mol. The highest BCUT2D eigenvalue weighted by atomic mass is 79.9. The molecule has 0 radical (unpaired) electrons. The maximum absolute atomic E-state index is 6.07. The summed E-state index contributed by atoms with van der Waals surface area (Å²) in [7, 11) is 0. The van der Waals surface area contributed by atoms with Crippen molar-refractivity contribution in [3.63, 3.8) is 0 Å². The van der Waals surface area contributed by atoms with E-state index >= 15 is 0 Å². The summed E-state index contributed by atoms with van der Waals surface area (Å²) in [5.41, 5.74) is 1.06. The van der Waals surface area contributed by atoms with Crippen molar-refractivity contribution in [2.45, 2.75) is 13.0 Å². The van der Waals surface area contributed by atoms with Gasteiger partial charge in [0.05, 0.1) is 0 Å². The van der Waals surface area contributed by atoms with Crippen LogP contribution in [0, 0.1) is 0 Å². The molecule has 1 aromatic heterocycles. The SMILES string of the molecule is Clc1ccc(Br)cc1CNCCc1ncno1. The summed E-state index contributed by atoms with van der Waals surface area (Å²) in [6.07, 6.45) is 2.12.